The van der Waals surface area contributed by atoms with Crippen LogP contribution in [0.3, 0.4) is 0 Å². The largest absolute Gasteiger partial charge is 0.372 e. The number of amidine groups is 1. The number of hydrogen-bond acceptors (Lipinski definition) is 4. The van der Waals surface area contributed by atoms with Gasteiger partial charge in [-0.25, -0.2) is 4.99 Å². The summed E-state index contributed by atoms with van der Waals surface area (Å²) in [5.41, 5.74) is 3.08. The Labute approximate surface area is 187 Å². The van der Waals surface area contributed by atoms with Gasteiger partial charge in [0.1, 0.15) is 0 Å². The van der Waals surface area contributed by atoms with Gasteiger partial charge in [0.15, 0.2) is 5.17 Å². The van der Waals surface area contributed by atoms with E-state index in [0.29, 0.717) is 22.4 Å². The van der Waals surface area contributed by atoms with Crippen molar-refractivity contribution in [3.8, 4) is 0 Å². The van der Waals surface area contributed by atoms with Crippen LogP contribution in [-0.4, -0.2) is 35.6 Å². The van der Waals surface area contributed by atoms with E-state index in [9.17, 15) is 4.79 Å². The molecule has 6 heteroatoms. The standard InChI is InChI=1S/C24H26ClN3OS/c1-17(2)16-28-23(29)22(30-24(28)26-20-9-7-19(25)8-10-20)15-18-5-11-21(12-6-18)27-13-3-4-14-27/h5-12,15,17H,3-4,13-14,16H2,1-2H3/b22-15-,26-24?. The van der Waals surface area contributed by atoms with Gasteiger partial charge < -0.3 is 4.90 Å². The molecule has 4 rings (SSSR count). The molecule has 4 nitrogen and oxygen atoms in total. The van der Waals surface area contributed by atoms with E-state index in [1.807, 2.05) is 30.3 Å². The maximum Gasteiger partial charge on any atom is 0.266 e. The molecular formula is C24H26ClN3OS. The van der Waals surface area contributed by atoms with Crippen LogP contribution in [0.15, 0.2) is 58.4 Å². The second-order valence-corrected chi connectivity index (χ2v) is 9.52. The molecular weight excluding hydrogens is 414 g/mol. The average molecular weight is 440 g/mol. The lowest BCUT2D eigenvalue weighted by atomic mass is 10.1. The first kappa shape index (κ1) is 21.0. The van der Waals surface area contributed by atoms with Crippen LogP contribution in [0.5, 0.6) is 0 Å². The summed E-state index contributed by atoms with van der Waals surface area (Å²) in [5.74, 6) is 0.370. The van der Waals surface area contributed by atoms with Crippen LogP contribution in [-0.2, 0) is 4.79 Å². The number of rotatable bonds is 5. The zero-order valence-electron chi connectivity index (χ0n) is 17.3. The molecule has 0 unspecified atom stereocenters. The highest BCUT2D eigenvalue weighted by Crippen LogP contribution is 2.35. The maximum atomic E-state index is 13.1. The number of halogens is 1. The van der Waals surface area contributed by atoms with Crippen molar-refractivity contribution in [1.82, 2.24) is 4.90 Å². The van der Waals surface area contributed by atoms with Crippen molar-refractivity contribution in [1.29, 1.82) is 0 Å². The van der Waals surface area contributed by atoms with Gasteiger partial charge in [0, 0.05) is 30.3 Å². The van der Waals surface area contributed by atoms with Crippen LogP contribution in [0, 0.1) is 5.92 Å². The quantitative estimate of drug-likeness (QED) is 0.520. The lowest BCUT2D eigenvalue weighted by molar-refractivity contribution is -0.122. The zero-order chi connectivity index (χ0) is 21.1. The molecule has 0 atom stereocenters. The minimum atomic E-state index is 0.0185. The van der Waals surface area contributed by atoms with Crippen LogP contribution in [0.4, 0.5) is 11.4 Å². The fourth-order valence-electron chi connectivity index (χ4n) is 3.65. The molecule has 1 amide bonds. The predicted molar refractivity (Wildman–Crippen MR) is 129 cm³/mol. The minimum absolute atomic E-state index is 0.0185. The van der Waals surface area contributed by atoms with Crippen LogP contribution in [0.1, 0.15) is 32.3 Å². The fourth-order valence-corrected chi connectivity index (χ4v) is 4.79. The van der Waals surface area contributed by atoms with Gasteiger partial charge in [0.2, 0.25) is 0 Å². The van der Waals surface area contributed by atoms with Crippen LogP contribution in [0.2, 0.25) is 5.02 Å². The Kier molecular flexibility index (Phi) is 6.49. The summed E-state index contributed by atoms with van der Waals surface area (Å²) in [6.45, 7) is 7.11. The molecule has 2 aliphatic heterocycles. The fraction of sp³-hybridized carbons (Fsp3) is 0.333. The second kappa shape index (κ2) is 9.27. The summed E-state index contributed by atoms with van der Waals surface area (Å²) in [7, 11) is 0. The lowest BCUT2D eigenvalue weighted by Crippen LogP contribution is -2.32. The van der Waals surface area contributed by atoms with Crippen molar-refractivity contribution in [2.75, 3.05) is 24.5 Å². The molecule has 0 radical (unpaired) electrons. The first-order valence-corrected chi connectivity index (χ1v) is 11.6. The smallest absolute Gasteiger partial charge is 0.266 e. The molecule has 0 spiro atoms. The van der Waals surface area contributed by atoms with E-state index in [1.54, 1.807) is 4.90 Å². The van der Waals surface area contributed by atoms with Crippen molar-refractivity contribution in [3.05, 3.63) is 64.0 Å². The number of anilines is 1. The van der Waals surface area contributed by atoms with Gasteiger partial charge in [-0.2, -0.15) is 0 Å². The highest BCUT2D eigenvalue weighted by molar-refractivity contribution is 8.18. The number of carbonyl (C=O) groups is 1. The summed E-state index contributed by atoms with van der Waals surface area (Å²) in [6.07, 6.45) is 4.50. The highest BCUT2D eigenvalue weighted by Gasteiger charge is 2.33. The molecule has 2 aromatic rings. The lowest BCUT2D eigenvalue weighted by Gasteiger charge is -2.18. The molecule has 2 aromatic carbocycles. The van der Waals surface area contributed by atoms with E-state index in [1.165, 1.54) is 30.3 Å². The Hall–Kier alpha value is -2.24. The van der Waals surface area contributed by atoms with Gasteiger partial charge >= 0.3 is 0 Å². The maximum absolute atomic E-state index is 13.1. The summed E-state index contributed by atoms with van der Waals surface area (Å²) in [5, 5.41) is 1.39. The third-order valence-electron chi connectivity index (χ3n) is 5.15. The number of amides is 1. The highest BCUT2D eigenvalue weighted by atomic mass is 35.5. The van der Waals surface area contributed by atoms with Crippen LogP contribution < -0.4 is 4.90 Å². The Morgan fingerprint density at radius 2 is 1.73 bits per heavy atom. The molecule has 2 saturated heterocycles. The van der Waals surface area contributed by atoms with E-state index in [-0.39, 0.29) is 5.91 Å². The first-order valence-electron chi connectivity index (χ1n) is 10.4. The molecule has 0 N–H and O–H groups in total. The summed E-state index contributed by atoms with van der Waals surface area (Å²) in [4.78, 5) is 22.7. The number of nitrogens with zero attached hydrogens (tertiary/aromatic N) is 3. The molecule has 0 aromatic heterocycles. The predicted octanol–water partition coefficient (Wildman–Crippen LogP) is 6.20. The summed E-state index contributed by atoms with van der Waals surface area (Å²) in [6, 6.07) is 15.8. The van der Waals surface area contributed by atoms with Gasteiger partial charge in [0.05, 0.1) is 10.6 Å². The Morgan fingerprint density at radius 1 is 1.07 bits per heavy atom. The molecule has 156 valence electrons. The molecule has 30 heavy (non-hydrogen) atoms. The zero-order valence-corrected chi connectivity index (χ0v) is 18.9. The summed E-state index contributed by atoms with van der Waals surface area (Å²) < 4.78 is 0. The van der Waals surface area contributed by atoms with Crippen molar-refractivity contribution < 1.29 is 4.79 Å². The van der Waals surface area contributed by atoms with Crippen LogP contribution in [0.25, 0.3) is 6.08 Å². The van der Waals surface area contributed by atoms with Gasteiger partial charge in [0.25, 0.3) is 5.91 Å². The Balaban J connectivity index is 1.58. The van der Waals surface area contributed by atoms with Gasteiger partial charge in [-0.1, -0.05) is 37.6 Å². The molecule has 0 saturated carbocycles. The van der Waals surface area contributed by atoms with Crippen LogP contribution >= 0.6 is 23.4 Å². The van der Waals surface area contributed by atoms with Gasteiger partial charge in [-0.05, 0) is 78.6 Å². The minimum Gasteiger partial charge on any atom is -0.372 e. The topological polar surface area (TPSA) is 35.9 Å². The molecule has 0 aliphatic carbocycles. The number of carbonyl (C=O) groups excluding carboxylic acids is 1. The Bertz CT molecular complexity index is 961. The van der Waals surface area contributed by atoms with E-state index in [2.05, 4.69) is 43.0 Å². The molecule has 0 bridgehead atoms. The second-order valence-electron chi connectivity index (χ2n) is 8.08. The summed E-state index contributed by atoms with van der Waals surface area (Å²) >= 11 is 7.42. The van der Waals surface area contributed by atoms with Crippen molar-refractivity contribution >= 4 is 51.9 Å². The molecule has 2 aliphatic rings. The molecule has 2 fully saturated rings. The average Bonchev–Trinajstić information content (AvgIpc) is 3.35. The van der Waals surface area contributed by atoms with E-state index < -0.39 is 0 Å². The number of aliphatic imine (C=N–C) groups is 1. The third kappa shape index (κ3) is 4.90. The van der Waals surface area contributed by atoms with Crippen molar-refractivity contribution in [3.63, 3.8) is 0 Å². The normalized spacial score (nSPS) is 19.7. The van der Waals surface area contributed by atoms with E-state index in [0.717, 1.165) is 29.5 Å². The van der Waals surface area contributed by atoms with Crippen molar-refractivity contribution in [2.24, 2.45) is 10.9 Å². The van der Waals surface area contributed by atoms with Gasteiger partial charge in [-0.15, -0.1) is 0 Å². The third-order valence-corrected chi connectivity index (χ3v) is 6.41. The molecule has 2 heterocycles. The van der Waals surface area contributed by atoms with Crippen molar-refractivity contribution in [2.45, 2.75) is 26.7 Å². The number of thioether (sulfide) groups is 1. The first-order chi connectivity index (χ1) is 14.5. The number of hydrogen-bond donors (Lipinski definition) is 0. The number of benzene rings is 2. The van der Waals surface area contributed by atoms with Gasteiger partial charge in [-0.3, -0.25) is 9.69 Å². The van der Waals surface area contributed by atoms with E-state index >= 15 is 0 Å². The van der Waals surface area contributed by atoms with E-state index in [4.69, 9.17) is 16.6 Å². The Morgan fingerprint density at radius 3 is 2.37 bits per heavy atom. The SMILES string of the molecule is CC(C)CN1C(=O)/C(=C/c2ccc(N3CCCC3)cc2)SC1=Nc1ccc(Cl)cc1. The monoisotopic (exact) mass is 439 g/mol.